The van der Waals surface area contributed by atoms with Crippen molar-refractivity contribution < 1.29 is 9.26 Å². The molecule has 1 aromatic heterocycles. The van der Waals surface area contributed by atoms with E-state index in [-0.39, 0.29) is 0 Å². The number of aromatic nitrogens is 1. The molecular formula is C18H26N4O2. The third-order valence-electron chi connectivity index (χ3n) is 3.71. The monoisotopic (exact) mass is 330 g/mol. The lowest BCUT2D eigenvalue weighted by Crippen LogP contribution is -2.36. The van der Waals surface area contributed by atoms with Crippen LogP contribution in [0.3, 0.4) is 0 Å². The van der Waals surface area contributed by atoms with Crippen molar-refractivity contribution in [3.05, 3.63) is 46.8 Å². The van der Waals surface area contributed by atoms with Crippen LogP contribution in [0.25, 0.3) is 0 Å². The quantitative estimate of drug-likeness (QED) is 0.629. The van der Waals surface area contributed by atoms with Crippen LogP contribution < -0.4 is 15.4 Å². The molecule has 1 heterocycles. The highest BCUT2D eigenvalue weighted by atomic mass is 16.5. The third-order valence-corrected chi connectivity index (χ3v) is 3.71. The number of ether oxygens (including phenoxy) is 1. The van der Waals surface area contributed by atoms with Gasteiger partial charge in [-0.05, 0) is 24.5 Å². The van der Waals surface area contributed by atoms with Gasteiger partial charge in [0.25, 0.3) is 0 Å². The first-order valence-corrected chi connectivity index (χ1v) is 8.07. The molecule has 0 bridgehead atoms. The number of rotatable bonds is 6. The average molecular weight is 330 g/mol. The van der Waals surface area contributed by atoms with Crippen molar-refractivity contribution in [2.24, 2.45) is 4.99 Å². The van der Waals surface area contributed by atoms with Crippen molar-refractivity contribution in [3.8, 4) is 5.75 Å². The van der Waals surface area contributed by atoms with E-state index in [1.165, 1.54) is 5.56 Å². The van der Waals surface area contributed by atoms with Gasteiger partial charge in [0.2, 0.25) is 0 Å². The lowest BCUT2D eigenvalue weighted by atomic mass is 10.1. The van der Waals surface area contributed by atoms with Crippen LogP contribution in [0.5, 0.6) is 5.75 Å². The second kappa shape index (κ2) is 8.38. The Labute approximate surface area is 143 Å². The first-order valence-electron chi connectivity index (χ1n) is 8.07. The van der Waals surface area contributed by atoms with Crippen LogP contribution in [0.1, 0.15) is 42.3 Å². The molecule has 0 spiro atoms. The van der Waals surface area contributed by atoms with Crippen LogP contribution in [0.4, 0.5) is 0 Å². The second-order valence-electron chi connectivity index (χ2n) is 5.97. The van der Waals surface area contributed by atoms with Gasteiger partial charge in [0.05, 0.1) is 19.3 Å². The van der Waals surface area contributed by atoms with Crippen molar-refractivity contribution in [2.75, 3.05) is 14.2 Å². The van der Waals surface area contributed by atoms with Gasteiger partial charge in [-0.15, -0.1) is 0 Å². The number of nitrogens with one attached hydrogen (secondary N) is 2. The van der Waals surface area contributed by atoms with E-state index in [4.69, 9.17) is 9.26 Å². The maximum absolute atomic E-state index is 5.42. The molecule has 0 unspecified atom stereocenters. The van der Waals surface area contributed by atoms with Crippen LogP contribution in [0, 0.1) is 6.92 Å². The number of aliphatic imine (C=N–C) groups is 1. The van der Waals surface area contributed by atoms with Crippen molar-refractivity contribution in [2.45, 2.75) is 39.8 Å². The maximum atomic E-state index is 5.42. The number of hydrogen-bond acceptors (Lipinski definition) is 4. The number of guanidine groups is 1. The highest BCUT2D eigenvalue weighted by Gasteiger charge is 2.09. The van der Waals surface area contributed by atoms with Gasteiger partial charge >= 0.3 is 0 Å². The van der Waals surface area contributed by atoms with Crippen molar-refractivity contribution in [1.29, 1.82) is 0 Å². The molecular weight excluding hydrogens is 304 g/mol. The minimum Gasteiger partial charge on any atom is -0.496 e. The molecule has 0 amide bonds. The minimum atomic E-state index is 0.355. The maximum Gasteiger partial charge on any atom is 0.191 e. The van der Waals surface area contributed by atoms with Gasteiger partial charge in [0.1, 0.15) is 5.75 Å². The first-order chi connectivity index (χ1) is 11.5. The molecule has 0 saturated carbocycles. The largest absolute Gasteiger partial charge is 0.496 e. The van der Waals surface area contributed by atoms with E-state index in [9.17, 15) is 0 Å². The topological polar surface area (TPSA) is 71.7 Å². The zero-order valence-electron chi connectivity index (χ0n) is 15.0. The zero-order chi connectivity index (χ0) is 17.5. The standard InChI is InChI=1S/C18H26N4O2/c1-12(2)16-9-15(24-22-16)11-21-18(19-4)20-10-14-7-6-13(3)8-17(14)23-5/h6-9,12H,10-11H2,1-5H3,(H2,19,20,21). The smallest absolute Gasteiger partial charge is 0.191 e. The van der Waals surface area contributed by atoms with E-state index in [0.29, 0.717) is 25.0 Å². The second-order valence-corrected chi connectivity index (χ2v) is 5.97. The van der Waals surface area contributed by atoms with Gasteiger partial charge in [0, 0.05) is 25.2 Å². The van der Waals surface area contributed by atoms with Crippen LogP contribution >= 0.6 is 0 Å². The Morgan fingerprint density at radius 3 is 2.62 bits per heavy atom. The van der Waals surface area contributed by atoms with Gasteiger partial charge in [-0.2, -0.15) is 0 Å². The number of benzene rings is 1. The summed E-state index contributed by atoms with van der Waals surface area (Å²) in [5.74, 6) is 2.71. The number of methoxy groups -OCH3 is 1. The van der Waals surface area contributed by atoms with E-state index in [1.807, 2.05) is 19.1 Å². The third kappa shape index (κ3) is 4.75. The van der Waals surface area contributed by atoms with E-state index < -0.39 is 0 Å². The van der Waals surface area contributed by atoms with E-state index in [1.54, 1.807) is 14.2 Å². The molecule has 0 saturated heterocycles. The zero-order valence-corrected chi connectivity index (χ0v) is 15.0. The van der Waals surface area contributed by atoms with Crippen LogP contribution in [-0.4, -0.2) is 25.3 Å². The first kappa shape index (κ1) is 17.8. The molecule has 2 rings (SSSR count). The summed E-state index contributed by atoms with van der Waals surface area (Å²) in [6.45, 7) is 7.37. The van der Waals surface area contributed by atoms with Gasteiger partial charge in [-0.25, -0.2) is 0 Å². The molecule has 0 atom stereocenters. The van der Waals surface area contributed by atoms with E-state index >= 15 is 0 Å². The van der Waals surface area contributed by atoms with Crippen LogP contribution in [-0.2, 0) is 13.1 Å². The van der Waals surface area contributed by atoms with Crippen LogP contribution in [0.15, 0.2) is 33.8 Å². The summed E-state index contributed by atoms with van der Waals surface area (Å²) in [7, 11) is 3.42. The fourth-order valence-electron chi connectivity index (χ4n) is 2.25. The highest BCUT2D eigenvalue weighted by Crippen LogP contribution is 2.19. The van der Waals surface area contributed by atoms with Gasteiger partial charge in [0.15, 0.2) is 11.7 Å². The highest BCUT2D eigenvalue weighted by molar-refractivity contribution is 5.79. The number of aryl methyl sites for hydroxylation is 1. The minimum absolute atomic E-state index is 0.355. The molecule has 0 aliphatic heterocycles. The summed E-state index contributed by atoms with van der Waals surface area (Å²) in [5.41, 5.74) is 3.20. The Balaban J connectivity index is 1.90. The summed E-state index contributed by atoms with van der Waals surface area (Å²) >= 11 is 0. The van der Waals surface area contributed by atoms with Gasteiger partial charge < -0.3 is 19.9 Å². The number of hydrogen-bond donors (Lipinski definition) is 2. The predicted molar refractivity (Wildman–Crippen MR) is 95.4 cm³/mol. The lowest BCUT2D eigenvalue weighted by Gasteiger charge is -2.13. The summed E-state index contributed by atoms with van der Waals surface area (Å²) in [6, 6.07) is 8.11. The normalized spacial score (nSPS) is 11.7. The summed E-state index contributed by atoms with van der Waals surface area (Å²) in [4.78, 5) is 4.22. The Morgan fingerprint density at radius 1 is 1.25 bits per heavy atom. The molecule has 24 heavy (non-hydrogen) atoms. The Hall–Kier alpha value is -2.50. The summed E-state index contributed by atoms with van der Waals surface area (Å²) < 4.78 is 10.7. The van der Waals surface area contributed by atoms with Gasteiger partial charge in [-0.1, -0.05) is 31.1 Å². The molecule has 0 aliphatic rings. The van der Waals surface area contributed by atoms with Crippen molar-refractivity contribution >= 4 is 5.96 Å². The van der Waals surface area contributed by atoms with Crippen molar-refractivity contribution in [3.63, 3.8) is 0 Å². The molecule has 1 aromatic carbocycles. The van der Waals surface area contributed by atoms with E-state index in [2.05, 4.69) is 46.8 Å². The fraction of sp³-hybridized carbons (Fsp3) is 0.444. The fourth-order valence-corrected chi connectivity index (χ4v) is 2.25. The summed E-state index contributed by atoms with van der Waals surface area (Å²) in [5, 5.41) is 10.6. The summed E-state index contributed by atoms with van der Waals surface area (Å²) in [6.07, 6.45) is 0. The molecule has 0 aliphatic carbocycles. The predicted octanol–water partition coefficient (Wildman–Crippen LogP) is 2.98. The molecule has 6 nitrogen and oxygen atoms in total. The molecule has 0 radical (unpaired) electrons. The molecule has 0 fully saturated rings. The molecule has 130 valence electrons. The SMILES string of the molecule is CN=C(NCc1cc(C(C)C)no1)NCc1ccc(C)cc1OC. The molecule has 6 heteroatoms. The Bertz CT molecular complexity index is 692. The van der Waals surface area contributed by atoms with E-state index in [0.717, 1.165) is 22.8 Å². The molecule has 2 aromatic rings. The number of nitrogens with zero attached hydrogens (tertiary/aromatic N) is 2. The van der Waals surface area contributed by atoms with Crippen LogP contribution in [0.2, 0.25) is 0 Å². The van der Waals surface area contributed by atoms with Crippen molar-refractivity contribution in [1.82, 2.24) is 15.8 Å². The average Bonchev–Trinajstić information content (AvgIpc) is 3.05. The Morgan fingerprint density at radius 2 is 2.00 bits per heavy atom. The lowest BCUT2D eigenvalue weighted by molar-refractivity contribution is 0.372. The Kier molecular flexibility index (Phi) is 6.23. The van der Waals surface area contributed by atoms with Gasteiger partial charge in [-0.3, -0.25) is 4.99 Å². The molecule has 2 N–H and O–H groups in total.